The van der Waals surface area contributed by atoms with Crippen molar-refractivity contribution in [3.05, 3.63) is 76.8 Å². The first-order chi connectivity index (χ1) is 11.8. The maximum absolute atomic E-state index is 12.2. The van der Waals surface area contributed by atoms with Crippen molar-refractivity contribution in [3.63, 3.8) is 0 Å². The van der Waals surface area contributed by atoms with E-state index in [0.29, 0.717) is 24.1 Å². The molecule has 0 unspecified atom stereocenters. The molecule has 3 rings (SSSR count). The van der Waals surface area contributed by atoms with Gasteiger partial charge in [-0.3, -0.25) is 4.79 Å². The Morgan fingerprint density at radius 2 is 1.88 bits per heavy atom. The van der Waals surface area contributed by atoms with Crippen LogP contribution in [-0.2, 0) is 6.42 Å². The molecule has 0 saturated carbocycles. The van der Waals surface area contributed by atoms with Crippen molar-refractivity contribution in [2.75, 3.05) is 6.54 Å². The SMILES string of the molecule is N#Cc1ccccc1C(=O)NCCc1csc(-c2ccccc2)n1. The molecule has 0 aliphatic rings. The lowest BCUT2D eigenvalue weighted by molar-refractivity contribution is 0.0954. The van der Waals surface area contributed by atoms with Crippen LogP contribution in [0.2, 0.25) is 0 Å². The van der Waals surface area contributed by atoms with Crippen molar-refractivity contribution in [1.29, 1.82) is 5.26 Å². The van der Waals surface area contributed by atoms with Crippen molar-refractivity contribution in [2.45, 2.75) is 6.42 Å². The van der Waals surface area contributed by atoms with Crippen molar-refractivity contribution >= 4 is 17.2 Å². The summed E-state index contributed by atoms with van der Waals surface area (Å²) in [5, 5.41) is 14.9. The predicted molar refractivity (Wildman–Crippen MR) is 94.7 cm³/mol. The molecule has 0 aliphatic carbocycles. The summed E-state index contributed by atoms with van der Waals surface area (Å²) in [6.07, 6.45) is 0.657. The first kappa shape index (κ1) is 15.9. The van der Waals surface area contributed by atoms with Gasteiger partial charge in [-0.05, 0) is 12.1 Å². The summed E-state index contributed by atoms with van der Waals surface area (Å²) < 4.78 is 0. The zero-order valence-corrected chi connectivity index (χ0v) is 13.7. The van der Waals surface area contributed by atoms with Crippen LogP contribution in [0.3, 0.4) is 0 Å². The van der Waals surface area contributed by atoms with Crippen molar-refractivity contribution in [3.8, 4) is 16.6 Å². The molecule has 1 N–H and O–H groups in total. The van der Waals surface area contributed by atoms with Crippen LogP contribution in [0.1, 0.15) is 21.6 Å². The summed E-state index contributed by atoms with van der Waals surface area (Å²) in [6.45, 7) is 0.483. The van der Waals surface area contributed by atoms with E-state index < -0.39 is 0 Å². The fourth-order valence-electron chi connectivity index (χ4n) is 2.31. The van der Waals surface area contributed by atoms with Crippen LogP contribution < -0.4 is 5.32 Å². The largest absolute Gasteiger partial charge is 0.352 e. The maximum atomic E-state index is 12.2. The molecule has 4 nitrogen and oxygen atoms in total. The molecule has 5 heteroatoms. The number of rotatable bonds is 5. The van der Waals surface area contributed by atoms with Crippen molar-refractivity contribution in [1.82, 2.24) is 10.3 Å². The van der Waals surface area contributed by atoms with Gasteiger partial charge in [-0.15, -0.1) is 11.3 Å². The number of nitrogens with one attached hydrogen (secondary N) is 1. The Labute approximate surface area is 144 Å². The predicted octanol–water partition coefficient (Wildman–Crippen LogP) is 3.65. The molecule has 118 valence electrons. The molecule has 0 fully saturated rings. The lowest BCUT2D eigenvalue weighted by Gasteiger charge is -2.05. The van der Waals surface area contributed by atoms with E-state index >= 15 is 0 Å². The van der Waals surface area contributed by atoms with Crippen LogP contribution in [0.4, 0.5) is 0 Å². The molecule has 0 saturated heterocycles. The molecule has 2 aromatic carbocycles. The third-order valence-electron chi connectivity index (χ3n) is 3.53. The molecular weight excluding hydrogens is 318 g/mol. The molecule has 3 aromatic rings. The third-order valence-corrected chi connectivity index (χ3v) is 4.47. The second-order valence-electron chi connectivity index (χ2n) is 5.17. The summed E-state index contributed by atoms with van der Waals surface area (Å²) in [6, 6.07) is 18.8. The molecular formula is C19H15N3OS. The highest BCUT2D eigenvalue weighted by Gasteiger charge is 2.10. The number of amides is 1. The molecule has 1 amide bonds. The molecule has 1 aromatic heterocycles. The van der Waals surface area contributed by atoms with Gasteiger partial charge in [0.1, 0.15) is 5.01 Å². The Morgan fingerprint density at radius 1 is 1.12 bits per heavy atom. The minimum atomic E-state index is -0.231. The lowest BCUT2D eigenvalue weighted by Crippen LogP contribution is -2.26. The van der Waals surface area contributed by atoms with Crippen LogP contribution in [-0.4, -0.2) is 17.4 Å². The first-order valence-electron chi connectivity index (χ1n) is 7.55. The third kappa shape index (κ3) is 3.67. The van der Waals surface area contributed by atoms with E-state index in [1.54, 1.807) is 35.6 Å². The second kappa shape index (κ2) is 7.53. The summed E-state index contributed by atoms with van der Waals surface area (Å²) in [5.74, 6) is -0.231. The number of nitriles is 1. The number of thiazole rings is 1. The summed E-state index contributed by atoms with van der Waals surface area (Å²) in [7, 11) is 0. The number of carbonyl (C=O) groups excluding carboxylic acids is 1. The Bertz CT molecular complexity index is 881. The highest BCUT2D eigenvalue weighted by atomic mass is 32.1. The van der Waals surface area contributed by atoms with Gasteiger partial charge < -0.3 is 5.32 Å². The van der Waals surface area contributed by atoms with Gasteiger partial charge in [0.05, 0.1) is 22.9 Å². The smallest absolute Gasteiger partial charge is 0.252 e. The van der Waals surface area contributed by atoms with Crippen molar-refractivity contribution in [2.24, 2.45) is 0 Å². The van der Waals surface area contributed by atoms with Gasteiger partial charge in [0.2, 0.25) is 0 Å². The average molecular weight is 333 g/mol. The van der Waals surface area contributed by atoms with E-state index in [1.165, 1.54) is 0 Å². The van der Waals surface area contributed by atoms with Gasteiger partial charge in [-0.25, -0.2) is 4.98 Å². The van der Waals surface area contributed by atoms with E-state index in [9.17, 15) is 4.79 Å². The van der Waals surface area contributed by atoms with Gasteiger partial charge in [0.15, 0.2) is 0 Å². The zero-order chi connectivity index (χ0) is 16.8. The summed E-state index contributed by atoms with van der Waals surface area (Å²) >= 11 is 1.60. The Morgan fingerprint density at radius 3 is 2.67 bits per heavy atom. The van der Waals surface area contributed by atoms with Crippen LogP contribution in [0.15, 0.2) is 60.0 Å². The van der Waals surface area contributed by atoms with E-state index in [1.807, 2.05) is 41.8 Å². The molecule has 0 atom stereocenters. The molecule has 0 bridgehead atoms. The van der Waals surface area contributed by atoms with Gasteiger partial charge in [0.25, 0.3) is 5.91 Å². The van der Waals surface area contributed by atoms with E-state index in [0.717, 1.165) is 16.3 Å². The van der Waals surface area contributed by atoms with Crippen LogP contribution in [0.5, 0.6) is 0 Å². The average Bonchev–Trinajstić information content (AvgIpc) is 3.11. The fraction of sp³-hybridized carbons (Fsp3) is 0.105. The van der Waals surface area contributed by atoms with Crippen LogP contribution >= 0.6 is 11.3 Å². The highest BCUT2D eigenvalue weighted by molar-refractivity contribution is 7.13. The normalized spacial score (nSPS) is 10.1. The number of benzene rings is 2. The van der Waals surface area contributed by atoms with Gasteiger partial charge >= 0.3 is 0 Å². The zero-order valence-electron chi connectivity index (χ0n) is 12.9. The lowest BCUT2D eigenvalue weighted by atomic mass is 10.1. The van der Waals surface area contributed by atoms with Gasteiger partial charge in [-0.1, -0.05) is 42.5 Å². The van der Waals surface area contributed by atoms with Gasteiger partial charge in [-0.2, -0.15) is 5.26 Å². The molecule has 0 spiro atoms. The molecule has 24 heavy (non-hydrogen) atoms. The fourth-order valence-corrected chi connectivity index (χ4v) is 3.17. The number of hydrogen-bond donors (Lipinski definition) is 1. The van der Waals surface area contributed by atoms with Gasteiger partial charge in [0, 0.05) is 23.9 Å². The summed E-state index contributed by atoms with van der Waals surface area (Å²) in [5.41, 5.74) is 2.84. The Balaban J connectivity index is 1.58. The standard InChI is InChI=1S/C19H15N3OS/c20-12-15-8-4-5-9-17(15)18(23)21-11-10-16-13-24-19(22-16)14-6-2-1-3-7-14/h1-9,13H,10-11H2,(H,21,23). The monoisotopic (exact) mass is 333 g/mol. The quantitative estimate of drug-likeness (QED) is 0.775. The van der Waals surface area contributed by atoms with Crippen LogP contribution in [0, 0.1) is 11.3 Å². The Kier molecular flexibility index (Phi) is 4.99. The van der Waals surface area contributed by atoms with Crippen LogP contribution in [0.25, 0.3) is 10.6 Å². The molecule has 1 heterocycles. The highest BCUT2D eigenvalue weighted by Crippen LogP contribution is 2.23. The minimum Gasteiger partial charge on any atom is -0.352 e. The van der Waals surface area contributed by atoms with E-state index in [-0.39, 0.29) is 5.91 Å². The van der Waals surface area contributed by atoms with E-state index in [4.69, 9.17) is 5.26 Å². The molecule has 0 aliphatic heterocycles. The number of nitrogens with zero attached hydrogens (tertiary/aromatic N) is 2. The Hall–Kier alpha value is -2.97. The molecule has 0 radical (unpaired) electrons. The minimum absolute atomic E-state index is 0.231. The topological polar surface area (TPSA) is 65.8 Å². The first-order valence-corrected chi connectivity index (χ1v) is 8.43. The maximum Gasteiger partial charge on any atom is 0.252 e. The van der Waals surface area contributed by atoms with Crippen molar-refractivity contribution < 1.29 is 4.79 Å². The van der Waals surface area contributed by atoms with E-state index in [2.05, 4.69) is 10.3 Å². The number of hydrogen-bond acceptors (Lipinski definition) is 4. The number of aromatic nitrogens is 1. The number of carbonyl (C=O) groups is 1. The summed E-state index contributed by atoms with van der Waals surface area (Å²) in [4.78, 5) is 16.8. The second-order valence-corrected chi connectivity index (χ2v) is 6.03.